The molecule has 0 aliphatic carbocycles. The first kappa shape index (κ1) is 13.1. The van der Waals surface area contributed by atoms with Gasteiger partial charge in [-0.25, -0.2) is 0 Å². The predicted molar refractivity (Wildman–Crippen MR) is 70.1 cm³/mol. The fourth-order valence-corrected chi connectivity index (χ4v) is 2.31. The summed E-state index contributed by atoms with van der Waals surface area (Å²) in [6, 6.07) is 4.90. The predicted octanol–water partition coefficient (Wildman–Crippen LogP) is 3.09. The first-order chi connectivity index (χ1) is 8.68. The van der Waals surface area contributed by atoms with Crippen LogP contribution in [0.1, 0.15) is 12.8 Å². The molecule has 5 nitrogen and oxygen atoms in total. The van der Waals surface area contributed by atoms with Gasteiger partial charge in [0.2, 0.25) is 0 Å². The number of nitrogens with zero attached hydrogens (tertiary/aromatic N) is 1. The van der Waals surface area contributed by atoms with Crippen molar-refractivity contribution in [2.75, 3.05) is 25.1 Å². The minimum absolute atomic E-state index is 0.0539. The number of nitrogens with one attached hydrogen (secondary N) is 1. The highest BCUT2D eigenvalue weighted by Crippen LogP contribution is 2.32. The van der Waals surface area contributed by atoms with Crippen molar-refractivity contribution in [1.82, 2.24) is 0 Å². The van der Waals surface area contributed by atoms with Crippen LogP contribution in [0.3, 0.4) is 0 Å². The van der Waals surface area contributed by atoms with Gasteiger partial charge in [-0.2, -0.15) is 0 Å². The first-order valence-electron chi connectivity index (χ1n) is 5.93. The van der Waals surface area contributed by atoms with Gasteiger partial charge in [-0.15, -0.1) is 0 Å². The van der Waals surface area contributed by atoms with Crippen LogP contribution < -0.4 is 5.32 Å². The zero-order chi connectivity index (χ0) is 13.0. The lowest BCUT2D eigenvalue weighted by molar-refractivity contribution is -0.383. The quantitative estimate of drug-likeness (QED) is 0.660. The van der Waals surface area contributed by atoms with E-state index in [2.05, 4.69) is 5.32 Å². The number of para-hydroxylation sites is 1. The Hall–Kier alpha value is -1.33. The van der Waals surface area contributed by atoms with Crippen LogP contribution >= 0.6 is 11.6 Å². The summed E-state index contributed by atoms with van der Waals surface area (Å²) in [4.78, 5) is 10.5. The molecule has 1 aliphatic rings. The smallest absolute Gasteiger partial charge is 0.310 e. The number of anilines is 1. The highest BCUT2D eigenvalue weighted by Gasteiger charge is 2.19. The summed E-state index contributed by atoms with van der Waals surface area (Å²) < 4.78 is 5.28. The second-order valence-electron chi connectivity index (χ2n) is 4.34. The molecule has 1 aliphatic heterocycles. The van der Waals surface area contributed by atoms with Gasteiger partial charge in [-0.1, -0.05) is 17.7 Å². The van der Waals surface area contributed by atoms with E-state index in [-0.39, 0.29) is 10.7 Å². The molecule has 1 saturated heterocycles. The number of nitro groups is 1. The fourth-order valence-electron chi connectivity index (χ4n) is 2.07. The summed E-state index contributed by atoms with van der Waals surface area (Å²) in [5.74, 6) is 0.552. The molecule has 1 heterocycles. The summed E-state index contributed by atoms with van der Waals surface area (Å²) in [7, 11) is 0. The van der Waals surface area contributed by atoms with E-state index < -0.39 is 4.92 Å². The maximum atomic E-state index is 10.9. The number of hydrogen-bond donors (Lipinski definition) is 1. The maximum Gasteiger partial charge on any atom is 0.310 e. The lowest BCUT2D eigenvalue weighted by Crippen LogP contribution is -2.10. The van der Waals surface area contributed by atoms with Gasteiger partial charge in [0, 0.05) is 19.8 Å². The molecule has 0 amide bonds. The van der Waals surface area contributed by atoms with Crippen molar-refractivity contribution in [2.45, 2.75) is 12.8 Å². The molecule has 6 heteroatoms. The lowest BCUT2D eigenvalue weighted by Gasteiger charge is -2.10. The van der Waals surface area contributed by atoms with Crippen LogP contribution in [0.2, 0.25) is 5.02 Å². The topological polar surface area (TPSA) is 64.4 Å². The van der Waals surface area contributed by atoms with Gasteiger partial charge in [0.25, 0.3) is 0 Å². The number of halogens is 1. The second kappa shape index (κ2) is 6.02. The average molecular weight is 271 g/mol. The van der Waals surface area contributed by atoms with E-state index in [1.807, 2.05) is 0 Å². The molecule has 1 unspecified atom stereocenters. The Kier molecular flexibility index (Phi) is 4.38. The fraction of sp³-hybridized carbons (Fsp3) is 0.500. The minimum Gasteiger partial charge on any atom is -0.381 e. The Morgan fingerprint density at radius 3 is 3.06 bits per heavy atom. The first-order valence-corrected chi connectivity index (χ1v) is 6.31. The molecular formula is C12H15ClN2O3. The van der Waals surface area contributed by atoms with Crippen molar-refractivity contribution >= 4 is 23.0 Å². The van der Waals surface area contributed by atoms with Crippen molar-refractivity contribution in [3.63, 3.8) is 0 Å². The van der Waals surface area contributed by atoms with E-state index in [1.54, 1.807) is 12.1 Å². The van der Waals surface area contributed by atoms with Crippen molar-refractivity contribution in [1.29, 1.82) is 0 Å². The molecule has 1 N–H and O–H groups in total. The van der Waals surface area contributed by atoms with Gasteiger partial charge in [0.15, 0.2) is 0 Å². The summed E-state index contributed by atoms with van der Waals surface area (Å²) >= 11 is 5.83. The Bertz CT molecular complexity index is 433. The third-order valence-electron chi connectivity index (χ3n) is 3.06. The van der Waals surface area contributed by atoms with E-state index in [0.717, 1.165) is 26.1 Å². The molecule has 2 rings (SSSR count). The third-order valence-corrected chi connectivity index (χ3v) is 3.37. The highest BCUT2D eigenvalue weighted by molar-refractivity contribution is 6.33. The van der Waals surface area contributed by atoms with Crippen LogP contribution in [0, 0.1) is 16.0 Å². The molecule has 1 atom stereocenters. The number of benzene rings is 1. The van der Waals surface area contributed by atoms with Gasteiger partial charge in [0.05, 0.1) is 4.92 Å². The number of ether oxygens (including phenoxy) is 1. The molecule has 0 aromatic heterocycles. The number of hydrogen-bond acceptors (Lipinski definition) is 4. The van der Waals surface area contributed by atoms with Crippen LogP contribution in [-0.2, 0) is 4.74 Å². The Labute approximate surface area is 110 Å². The standard InChI is InChI=1S/C12H15ClN2O3/c13-10-2-1-3-11(12(10)15(16)17)14-6-4-9-5-7-18-8-9/h1-3,9,14H,4-8H2. The minimum atomic E-state index is -0.455. The van der Waals surface area contributed by atoms with Crippen LogP contribution in [-0.4, -0.2) is 24.7 Å². The van der Waals surface area contributed by atoms with Gasteiger partial charge in [-0.05, 0) is 30.9 Å². The van der Waals surface area contributed by atoms with Crippen molar-refractivity contribution in [3.8, 4) is 0 Å². The monoisotopic (exact) mass is 270 g/mol. The second-order valence-corrected chi connectivity index (χ2v) is 4.75. The maximum absolute atomic E-state index is 10.9. The summed E-state index contributed by atoms with van der Waals surface area (Å²) in [5.41, 5.74) is 0.424. The van der Waals surface area contributed by atoms with Crippen LogP contribution in [0.4, 0.5) is 11.4 Å². The average Bonchev–Trinajstić information content (AvgIpc) is 2.81. The molecule has 0 saturated carbocycles. The Morgan fingerprint density at radius 1 is 1.56 bits per heavy atom. The largest absolute Gasteiger partial charge is 0.381 e. The van der Waals surface area contributed by atoms with Crippen molar-refractivity contribution in [3.05, 3.63) is 33.3 Å². The molecule has 0 spiro atoms. The van der Waals surface area contributed by atoms with Gasteiger partial charge >= 0.3 is 5.69 Å². The summed E-state index contributed by atoms with van der Waals surface area (Å²) in [6.45, 7) is 2.30. The molecule has 1 aromatic rings. The molecule has 1 aromatic carbocycles. The van der Waals surface area contributed by atoms with Crippen LogP contribution in [0.25, 0.3) is 0 Å². The van der Waals surface area contributed by atoms with E-state index in [1.165, 1.54) is 6.07 Å². The van der Waals surface area contributed by atoms with Gasteiger partial charge in [0.1, 0.15) is 10.7 Å². The molecule has 1 fully saturated rings. The highest BCUT2D eigenvalue weighted by atomic mass is 35.5. The number of rotatable bonds is 5. The van der Waals surface area contributed by atoms with E-state index >= 15 is 0 Å². The SMILES string of the molecule is O=[N+]([O-])c1c(Cl)cccc1NCCC1CCOC1. The van der Waals surface area contributed by atoms with Crippen molar-refractivity contribution in [2.24, 2.45) is 5.92 Å². The zero-order valence-corrected chi connectivity index (χ0v) is 10.7. The van der Waals surface area contributed by atoms with Crippen molar-refractivity contribution < 1.29 is 9.66 Å². The Balaban J connectivity index is 1.96. The van der Waals surface area contributed by atoms with Crippen LogP contribution in [0.5, 0.6) is 0 Å². The molecule has 0 radical (unpaired) electrons. The molecular weight excluding hydrogens is 256 g/mol. The normalized spacial score (nSPS) is 18.8. The van der Waals surface area contributed by atoms with E-state index in [4.69, 9.17) is 16.3 Å². The number of nitro benzene ring substituents is 1. The van der Waals surface area contributed by atoms with E-state index in [0.29, 0.717) is 18.2 Å². The summed E-state index contributed by atoms with van der Waals surface area (Å²) in [6.07, 6.45) is 2.02. The van der Waals surface area contributed by atoms with Crippen LogP contribution in [0.15, 0.2) is 18.2 Å². The molecule has 98 valence electrons. The van der Waals surface area contributed by atoms with Gasteiger partial charge in [-0.3, -0.25) is 10.1 Å². The van der Waals surface area contributed by atoms with Gasteiger partial charge < -0.3 is 10.1 Å². The summed E-state index contributed by atoms with van der Waals surface area (Å²) in [5, 5.41) is 14.2. The Morgan fingerprint density at radius 2 is 2.39 bits per heavy atom. The lowest BCUT2D eigenvalue weighted by atomic mass is 10.1. The zero-order valence-electron chi connectivity index (χ0n) is 9.89. The third kappa shape index (κ3) is 3.11. The van der Waals surface area contributed by atoms with E-state index in [9.17, 15) is 10.1 Å². The molecule has 0 bridgehead atoms. The molecule has 18 heavy (non-hydrogen) atoms.